The molecule has 0 unspecified atom stereocenters. The Labute approximate surface area is 75.1 Å². The third-order valence-corrected chi connectivity index (χ3v) is 1.64. The average Bonchev–Trinajstić information content (AvgIpc) is 1.98. The predicted molar refractivity (Wildman–Crippen MR) is 52.8 cm³/mol. The molecular weight excluding hydrogens is 148 g/mol. The van der Waals surface area contributed by atoms with Crippen LogP contribution in [-0.2, 0) is 0 Å². The SMILES string of the molecule is C=C(/N=N\C(=C)C(C)C)C(C)C. The van der Waals surface area contributed by atoms with Crippen molar-refractivity contribution in [2.45, 2.75) is 27.7 Å². The molecule has 0 aromatic carbocycles. The normalized spacial score (nSPS) is 11.5. The van der Waals surface area contributed by atoms with Crippen LogP contribution in [0, 0.1) is 11.8 Å². The highest BCUT2D eigenvalue weighted by molar-refractivity contribution is 4.98. The zero-order valence-corrected chi connectivity index (χ0v) is 8.46. The molecular formula is C10H18N2. The summed E-state index contributed by atoms with van der Waals surface area (Å²) in [7, 11) is 0. The third kappa shape index (κ3) is 4.06. The van der Waals surface area contributed by atoms with Gasteiger partial charge in [-0.05, 0) is 11.8 Å². The molecule has 0 aromatic rings. The molecule has 0 N–H and O–H groups in total. The summed E-state index contributed by atoms with van der Waals surface area (Å²) in [5, 5.41) is 7.95. The molecule has 0 heterocycles. The molecule has 0 amide bonds. The van der Waals surface area contributed by atoms with E-state index in [0.717, 1.165) is 11.4 Å². The standard InChI is InChI=1S/C10H18N2/c1-7(2)9(5)11-12-10(6)8(3)4/h7-8H,5-6H2,1-4H3/b12-11-. The van der Waals surface area contributed by atoms with Gasteiger partial charge in [0.05, 0.1) is 11.4 Å². The van der Waals surface area contributed by atoms with Crippen LogP contribution in [0.25, 0.3) is 0 Å². The van der Waals surface area contributed by atoms with Gasteiger partial charge in [0.25, 0.3) is 0 Å². The van der Waals surface area contributed by atoms with Crippen molar-refractivity contribution in [3.05, 3.63) is 24.6 Å². The van der Waals surface area contributed by atoms with Gasteiger partial charge < -0.3 is 0 Å². The van der Waals surface area contributed by atoms with Gasteiger partial charge >= 0.3 is 0 Å². The molecule has 0 aromatic heterocycles. The van der Waals surface area contributed by atoms with E-state index < -0.39 is 0 Å². The second-order valence-corrected chi connectivity index (χ2v) is 3.49. The monoisotopic (exact) mass is 166 g/mol. The predicted octanol–water partition coefficient (Wildman–Crippen LogP) is 3.78. The van der Waals surface area contributed by atoms with E-state index >= 15 is 0 Å². The minimum absolute atomic E-state index is 0.355. The summed E-state index contributed by atoms with van der Waals surface area (Å²) >= 11 is 0. The minimum atomic E-state index is 0.355. The Bertz CT molecular complexity index is 178. The van der Waals surface area contributed by atoms with E-state index in [2.05, 4.69) is 23.4 Å². The van der Waals surface area contributed by atoms with Crippen LogP contribution in [0.4, 0.5) is 0 Å². The van der Waals surface area contributed by atoms with Gasteiger partial charge in [0.15, 0.2) is 0 Å². The van der Waals surface area contributed by atoms with Gasteiger partial charge in [-0.1, -0.05) is 40.9 Å². The van der Waals surface area contributed by atoms with Crippen molar-refractivity contribution < 1.29 is 0 Å². The lowest BCUT2D eigenvalue weighted by atomic mass is 10.2. The summed E-state index contributed by atoms with van der Waals surface area (Å²) in [5.41, 5.74) is 1.61. The van der Waals surface area contributed by atoms with Crippen LogP contribution < -0.4 is 0 Å². The van der Waals surface area contributed by atoms with E-state index in [0.29, 0.717) is 11.8 Å². The van der Waals surface area contributed by atoms with Crippen molar-refractivity contribution in [2.75, 3.05) is 0 Å². The highest BCUT2D eigenvalue weighted by atomic mass is 15.1. The minimum Gasteiger partial charge on any atom is -0.156 e. The molecule has 0 saturated carbocycles. The number of rotatable bonds is 4. The molecule has 68 valence electrons. The highest BCUT2D eigenvalue weighted by Crippen LogP contribution is 2.13. The van der Waals surface area contributed by atoms with Gasteiger partial charge in [-0.2, -0.15) is 10.2 Å². The Morgan fingerprint density at radius 2 is 1.08 bits per heavy atom. The van der Waals surface area contributed by atoms with E-state index in [1.165, 1.54) is 0 Å². The molecule has 0 atom stereocenters. The Morgan fingerprint density at radius 3 is 1.25 bits per heavy atom. The van der Waals surface area contributed by atoms with Crippen LogP contribution in [0.2, 0.25) is 0 Å². The summed E-state index contributed by atoms with van der Waals surface area (Å²) in [6.45, 7) is 15.7. The van der Waals surface area contributed by atoms with E-state index in [1.807, 2.05) is 27.7 Å². The van der Waals surface area contributed by atoms with Crippen molar-refractivity contribution >= 4 is 0 Å². The summed E-state index contributed by atoms with van der Waals surface area (Å²) in [4.78, 5) is 0. The van der Waals surface area contributed by atoms with Gasteiger partial charge in [0.1, 0.15) is 0 Å². The fourth-order valence-corrected chi connectivity index (χ4v) is 0.359. The molecule has 0 fully saturated rings. The van der Waals surface area contributed by atoms with Gasteiger partial charge in [-0.25, -0.2) is 0 Å². The van der Waals surface area contributed by atoms with Gasteiger partial charge in [0, 0.05) is 0 Å². The van der Waals surface area contributed by atoms with Crippen molar-refractivity contribution in [3.8, 4) is 0 Å². The molecule has 0 aliphatic rings. The highest BCUT2D eigenvalue weighted by Gasteiger charge is 1.99. The average molecular weight is 166 g/mol. The van der Waals surface area contributed by atoms with Crippen LogP contribution in [-0.4, -0.2) is 0 Å². The first kappa shape index (κ1) is 11.1. The Hall–Kier alpha value is -0.920. The van der Waals surface area contributed by atoms with Gasteiger partial charge in [0.2, 0.25) is 0 Å². The number of allylic oxidation sites excluding steroid dienone is 2. The topological polar surface area (TPSA) is 24.7 Å². The molecule has 0 spiro atoms. The lowest BCUT2D eigenvalue weighted by Crippen LogP contribution is -1.90. The first-order chi connectivity index (χ1) is 5.45. The molecule has 0 bridgehead atoms. The van der Waals surface area contributed by atoms with Crippen molar-refractivity contribution in [2.24, 2.45) is 22.1 Å². The van der Waals surface area contributed by atoms with Crippen molar-refractivity contribution in [3.63, 3.8) is 0 Å². The third-order valence-electron chi connectivity index (χ3n) is 1.64. The van der Waals surface area contributed by atoms with E-state index in [-0.39, 0.29) is 0 Å². The number of hydrogen-bond donors (Lipinski definition) is 0. The number of hydrogen-bond acceptors (Lipinski definition) is 2. The Balaban J connectivity index is 4.08. The maximum absolute atomic E-state index is 3.98. The molecule has 0 saturated heterocycles. The molecule has 2 heteroatoms. The van der Waals surface area contributed by atoms with Crippen LogP contribution in [0.1, 0.15) is 27.7 Å². The number of azo groups is 1. The second-order valence-electron chi connectivity index (χ2n) is 3.49. The fraction of sp³-hybridized carbons (Fsp3) is 0.600. The zero-order chi connectivity index (χ0) is 9.72. The Kier molecular flexibility index (Phi) is 4.49. The molecule has 0 aliphatic carbocycles. The summed E-state index contributed by atoms with van der Waals surface area (Å²) in [5.74, 6) is 0.711. The first-order valence-corrected chi connectivity index (χ1v) is 4.24. The maximum Gasteiger partial charge on any atom is 0.0584 e. The fourth-order valence-electron chi connectivity index (χ4n) is 0.359. The second kappa shape index (κ2) is 4.86. The summed E-state index contributed by atoms with van der Waals surface area (Å²) < 4.78 is 0. The van der Waals surface area contributed by atoms with Crippen LogP contribution in [0.15, 0.2) is 34.8 Å². The molecule has 0 radical (unpaired) electrons. The van der Waals surface area contributed by atoms with Crippen LogP contribution in [0.5, 0.6) is 0 Å². The summed E-state index contributed by atoms with van der Waals surface area (Å²) in [6, 6.07) is 0. The lowest BCUT2D eigenvalue weighted by Gasteiger charge is -2.03. The van der Waals surface area contributed by atoms with Crippen molar-refractivity contribution in [1.82, 2.24) is 0 Å². The van der Waals surface area contributed by atoms with E-state index in [9.17, 15) is 0 Å². The van der Waals surface area contributed by atoms with Crippen molar-refractivity contribution in [1.29, 1.82) is 0 Å². The van der Waals surface area contributed by atoms with Gasteiger partial charge in [-0.3, -0.25) is 0 Å². The summed E-state index contributed by atoms with van der Waals surface area (Å²) in [6.07, 6.45) is 0. The first-order valence-electron chi connectivity index (χ1n) is 4.24. The zero-order valence-electron chi connectivity index (χ0n) is 8.46. The van der Waals surface area contributed by atoms with Crippen LogP contribution >= 0.6 is 0 Å². The largest absolute Gasteiger partial charge is 0.156 e. The molecule has 2 nitrogen and oxygen atoms in total. The van der Waals surface area contributed by atoms with Gasteiger partial charge in [-0.15, -0.1) is 0 Å². The quantitative estimate of drug-likeness (QED) is 0.568. The maximum atomic E-state index is 3.98. The molecule has 0 aliphatic heterocycles. The van der Waals surface area contributed by atoms with E-state index in [1.54, 1.807) is 0 Å². The molecule has 0 rings (SSSR count). The number of nitrogens with zero attached hydrogens (tertiary/aromatic N) is 2. The smallest absolute Gasteiger partial charge is 0.0584 e. The van der Waals surface area contributed by atoms with Crippen LogP contribution in [0.3, 0.4) is 0 Å². The lowest BCUT2D eigenvalue weighted by molar-refractivity contribution is 0.709. The van der Waals surface area contributed by atoms with E-state index in [4.69, 9.17) is 0 Å². The molecule has 12 heavy (non-hydrogen) atoms. The Morgan fingerprint density at radius 1 is 0.833 bits per heavy atom.